The molecule has 9 heteroatoms. The van der Waals surface area contributed by atoms with Crippen LogP contribution in [0.1, 0.15) is 19.8 Å². The molecule has 0 bridgehead atoms. The van der Waals surface area contributed by atoms with Gasteiger partial charge in [0.1, 0.15) is 0 Å². The number of rotatable bonds is 2. The molecule has 0 saturated carbocycles. The molecule has 2 atom stereocenters. The molecule has 1 aromatic carbocycles. The lowest BCUT2D eigenvalue weighted by Crippen LogP contribution is -2.48. The van der Waals surface area contributed by atoms with E-state index >= 15 is 0 Å². The van der Waals surface area contributed by atoms with Gasteiger partial charge in [-0.15, -0.1) is 0 Å². The van der Waals surface area contributed by atoms with Gasteiger partial charge in [-0.2, -0.15) is 4.31 Å². The number of piperidine rings is 1. The molecule has 1 aliphatic heterocycles. The van der Waals surface area contributed by atoms with Gasteiger partial charge in [0.05, 0.1) is 15.8 Å². The highest BCUT2D eigenvalue weighted by Crippen LogP contribution is 2.25. The fourth-order valence-corrected chi connectivity index (χ4v) is 4.67. The third kappa shape index (κ3) is 2.82. The molecule has 8 nitrogen and oxygen atoms in total. The zero-order chi connectivity index (χ0) is 16.8. The fourth-order valence-electron chi connectivity index (χ4n) is 2.98. The third-order valence-electron chi connectivity index (χ3n) is 4.17. The van der Waals surface area contributed by atoms with E-state index in [9.17, 15) is 18.0 Å². The maximum Gasteiger partial charge on any atom is 0.326 e. The Hall–Kier alpha value is -1.97. The molecule has 0 spiro atoms. The predicted octanol–water partition coefficient (Wildman–Crippen LogP) is -0.283. The Bertz CT molecular complexity index is 963. The maximum absolute atomic E-state index is 12.8. The van der Waals surface area contributed by atoms with Crippen LogP contribution in [0.3, 0.4) is 0 Å². The summed E-state index contributed by atoms with van der Waals surface area (Å²) in [7, 11) is -3.72. The van der Waals surface area contributed by atoms with Gasteiger partial charge in [0.15, 0.2) is 0 Å². The Balaban J connectivity index is 2.08. The van der Waals surface area contributed by atoms with Crippen LogP contribution in [0.15, 0.2) is 32.7 Å². The van der Waals surface area contributed by atoms with Crippen molar-refractivity contribution in [3.63, 3.8) is 0 Å². The summed E-state index contributed by atoms with van der Waals surface area (Å²) < 4.78 is 27.1. The van der Waals surface area contributed by atoms with Gasteiger partial charge in [-0.05, 0) is 38.0 Å². The van der Waals surface area contributed by atoms with Gasteiger partial charge < -0.3 is 10.7 Å². The van der Waals surface area contributed by atoms with Crippen LogP contribution in [0.4, 0.5) is 0 Å². The van der Waals surface area contributed by atoms with E-state index in [1.165, 1.54) is 22.5 Å². The minimum absolute atomic E-state index is 0.000901. The quantitative estimate of drug-likeness (QED) is 0.693. The number of H-pyrrole nitrogens is 2. The van der Waals surface area contributed by atoms with Crippen molar-refractivity contribution in [2.24, 2.45) is 5.73 Å². The van der Waals surface area contributed by atoms with Crippen molar-refractivity contribution in [2.45, 2.75) is 36.7 Å². The van der Waals surface area contributed by atoms with Gasteiger partial charge in [-0.3, -0.25) is 9.78 Å². The molecule has 1 aromatic heterocycles. The lowest BCUT2D eigenvalue weighted by Gasteiger charge is -2.35. The number of fused-ring (bicyclic) bond motifs is 1. The van der Waals surface area contributed by atoms with Crippen LogP contribution in [-0.2, 0) is 10.0 Å². The molecule has 1 saturated heterocycles. The van der Waals surface area contributed by atoms with E-state index in [-0.39, 0.29) is 22.4 Å². The van der Waals surface area contributed by atoms with Crippen LogP contribution in [0.5, 0.6) is 0 Å². The van der Waals surface area contributed by atoms with Crippen molar-refractivity contribution in [1.82, 2.24) is 14.3 Å². The van der Waals surface area contributed by atoms with Gasteiger partial charge in [0, 0.05) is 18.6 Å². The highest BCUT2D eigenvalue weighted by atomic mass is 32.2. The van der Waals surface area contributed by atoms with Crippen LogP contribution in [-0.4, -0.2) is 41.3 Å². The largest absolute Gasteiger partial charge is 0.328 e. The van der Waals surface area contributed by atoms with Crippen LogP contribution >= 0.6 is 0 Å². The Morgan fingerprint density at radius 1 is 1.26 bits per heavy atom. The molecular weight excluding hydrogens is 320 g/mol. The first-order valence-corrected chi connectivity index (χ1v) is 8.77. The van der Waals surface area contributed by atoms with Gasteiger partial charge >= 0.3 is 5.69 Å². The van der Waals surface area contributed by atoms with Crippen LogP contribution in [0.2, 0.25) is 0 Å². The summed E-state index contributed by atoms with van der Waals surface area (Å²) in [5.74, 6) is 0. The monoisotopic (exact) mass is 338 g/mol. The number of nitrogens with one attached hydrogen (secondary N) is 2. The lowest BCUT2D eigenvalue weighted by molar-refractivity contribution is 0.247. The third-order valence-corrected chi connectivity index (χ3v) is 6.18. The van der Waals surface area contributed by atoms with E-state index in [0.29, 0.717) is 24.9 Å². The minimum Gasteiger partial charge on any atom is -0.328 e. The van der Waals surface area contributed by atoms with Crippen LogP contribution in [0, 0.1) is 0 Å². The summed E-state index contributed by atoms with van der Waals surface area (Å²) in [6, 6.07) is 3.92. The number of nitrogens with zero attached hydrogens (tertiary/aromatic N) is 1. The zero-order valence-electron chi connectivity index (χ0n) is 12.6. The zero-order valence-corrected chi connectivity index (χ0v) is 13.4. The summed E-state index contributed by atoms with van der Waals surface area (Å²) in [6.07, 6.45) is 1.20. The van der Waals surface area contributed by atoms with Crippen LogP contribution in [0.25, 0.3) is 10.9 Å². The van der Waals surface area contributed by atoms with Crippen molar-refractivity contribution in [3.8, 4) is 0 Å². The van der Waals surface area contributed by atoms with Crippen molar-refractivity contribution < 1.29 is 8.42 Å². The summed E-state index contributed by atoms with van der Waals surface area (Å²) in [4.78, 5) is 27.7. The van der Waals surface area contributed by atoms with Gasteiger partial charge in [-0.25, -0.2) is 13.2 Å². The lowest BCUT2D eigenvalue weighted by atomic mass is 10.0. The number of nitrogens with two attached hydrogens (primary N) is 1. The number of hydrogen-bond donors (Lipinski definition) is 3. The normalized spacial score (nSPS) is 23.2. The molecule has 0 amide bonds. The molecular formula is C14H18N4O4S. The van der Waals surface area contributed by atoms with E-state index < -0.39 is 21.3 Å². The van der Waals surface area contributed by atoms with E-state index in [2.05, 4.69) is 9.97 Å². The maximum atomic E-state index is 12.8. The Morgan fingerprint density at radius 3 is 2.70 bits per heavy atom. The summed E-state index contributed by atoms with van der Waals surface area (Å²) in [5.41, 5.74) is 4.93. The fraction of sp³-hybridized carbons (Fsp3) is 0.429. The smallest absolute Gasteiger partial charge is 0.326 e. The summed E-state index contributed by atoms with van der Waals surface area (Å²) in [6.45, 7) is 2.17. The number of hydrogen-bond acceptors (Lipinski definition) is 5. The number of aromatic nitrogens is 2. The van der Waals surface area contributed by atoms with Crippen LogP contribution < -0.4 is 17.0 Å². The Kier molecular flexibility index (Phi) is 3.86. The summed E-state index contributed by atoms with van der Waals surface area (Å²) >= 11 is 0. The second-order valence-electron chi connectivity index (χ2n) is 5.86. The molecule has 0 radical (unpaired) electrons. The highest BCUT2D eigenvalue weighted by molar-refractivity contribution is 7.89. The minimum atomic E-state index is -3.72. The second kappa shape index (κ2) is 5.59. The average molecular weight is 338 g/mol. The van der Waals surface area contributed by atoms with Crippen molar-refractivity contribution in [2.75, 3.05) is 6.54 Å². The first-order chi connectivity index (χ1) is 10.8. The first-order valence-electron chi connectivity index (χ1n) is 7.33. The second-order valence-corrected chi connectivity index (χ2v) is 7.76. The molecule has 23 heavy (non-hydrogen) atoms. The molecule has 2 heterocycles. The molecule has 0 unspecified atom stereocenters. The standard InChI is InChI=1S/C14H18N4O4S/c1-8-6-9(15)4-5-18(8)23(21,22)10-2-3-12-11(7-10)13(19)17-14(20)16-12/h2-3,7-9H,4-6,15H2,1H3,(H2,16,17,19,20)/t8-,9+/m0/s1. The molecule has 4 N–H and O–H groups in total. The topological polar surface area (TPSA) is 129 Å². The first kappa shape index (κ1) is 15.9. The number of aromatic amines is 2. The van der Waals surface area contributed by atoms with E-state index in [1.54, 1.807) is 0 Å². The highest BCUT2D eigenvalue weighted by Gasteiger charge is 2.33. The molecule has 124 valence electrons. The predicted molar refractivity (Wildman–Crippen MR) is 85.8 cm³/mol. The number of benzene rings is 1. The van der Waals surface area contributed by atoms with Crippen molar-refractivity contribution in [1.29, 1.82) is 0 Å². The van der Waals surface area contributed by atoms with Crippen molar-refractivity contribution in [3.05, 3.63) is 39.0 Å². The van der Waals surface area contributed by atoms with Gasteiger partial charge in [0.2, 0.25) is 10.0 Å². The molecule has 1 aliphatic rings. The molecule has 2 aromatic rings. The van der Waals surface area contributed by atoms with Crippen molar-refractivity contribution >= 4 is 20.9 Å². The molecule has 3 rings (SSSR count). The van der Waals surface area contributed by atoms with E-state index in [1.807, 2.05) is 6.92 Å². The summed E-state index contributed by atoms with van der Waals surface area (Å²) in [5, 5.41) is 0.132. The molecule has 1 fully saturated rings. The number of sulfonamides is 1. The van der Waals surface area contributed by atoms with Gasteiger partial charge in [-0.1, -0.05) is 0 Å². The average Bonchev–Trinajstić information content (AvgIpc) is 2.46. The Labute approximate surface area is 132 Å². The Morgan fingerprint density at radius 2 is 2.00 bits per heavy atom. The van der Waals surface area contributed by atoms with Gasteiger partial charge in [0.25, 0.3) is 5.56 Å². The van der Waals surface area contributed by atoms with E-state index in [0.717, 1.165) is 0 Å². The van der Waals surface area contributed by atoms with E-state index in [4.69, 9.17) is 5.73 Å². The SMILES string of the molecule is C[C@H]1C[C@H](N)CCN1S(=O)(=O)c1ccc2[nH]c(=O)[nH]c(=O)c2c1. The molecule has 0 aliphatic carbocycles.